The van der Waals surface area contributed by atoms with Crippen LogP contribution in [-0.4, -0.2) is 11.2 Å². The van der Waals surface area contributed by atoms with Crippen molar-refractivity contribution in [3.63, 3.8) is 0 Å². The van der Waals surface area contributed by atoms with Crippen molar-refractivity contribution >= 4 is 27.5 Å². The number of anilines is 1. The van der Waals surface area contributed by atoms with Crippen LogP contribution in [-0.2, 0) is 4.79 Å². The average Bonchev–Trinajstić information content (AvgIpc) is 2.39. The Kier molecular flexibility index (Phi) is 7.02. The first-order valence-electron chi connectivity index (χ1n) is 6.63. The average molecular weight is 312 g/mol. The summed E-state index contributed by atoms with van der Waals surface area (Å²) in [4.78, 5) is 11.6. The molecule has 1 rings (SSSR count). The number of nitrogens with one attached hydrogen (secondary N) is 1. The van der Waals surface area contributed by atoms with Crippen LogP contribution in [0.4, 0.5) is 5.69 Å². The lowest BCUT2D eigenvalue weighted by atomic mass is 9.99. The molecule has 1 atom stereocenters. The Bertz CT molecular complexity index is 361. The quantitative estimate of drug-likeness (QED) is 0.573. The van der Waals surface area contributed by atoms with Gasteiger partial charge in [-0.3, -0.25) is 4.79 Å². The van der Waals surface area contributed by atoms with E-state index in [1.807, 2.05) is 12.1 Å². The van der Waals surface area contributed by atoms with Gasteiger partial charge in [0.1, 0.15) is 0 Å². The molecule has 0 heterocycles. The van der Waals surface area contributed by atoms with Gasteiger partial charge in [-0.15, -0.1) is 0 Å². The molecule has 18 heavy (non-hydrogen) atoms. The maximum absolute atomic E-state index is 11.6. The lowest BCUT2D eigenvalue weighted by molar-refractivity contribution is -0.116. The van der Waals surface area contributed by atoms with Gasteiger partial charge in [0.15, 0.2) is 0 Å². The molecule has 0 aliphatic heterocycles. The van der Waals surface area contributed by atoms with Crippen molar-refractivity contribution in [1.29, 1.82) is 0 Å². The second-order valence-electron chi connectivity index (χ2n) is 4.63. The summed E-state index contributed by atoms with van der Waals surface area (Å²) in [6.07, 6.45) is 3.71. The Morgan fingerprint density at radius 3 is 2.50 bits per heavy atom. The first-order chi connectivity index (χ1) is 8.67. The fourth-order valence-electron chi connectivity index (χ4n) is 1.73. The largest absolute Gasteiger partial charge is 0.326 e. The maximum Gasteiger partial charge on any atom is 0.224 e. The summed E-state index contributed by atoms with van der Waals surface area (Å²) in [6, 6.07) is 8.18. The van der Waals surface area contributed by atoms with Gasteiger partial charge in [0.25, 0.3) is 0 Å². The Balaban J connectivity index is 2.45. The molecule has 1 amide bonds. The molecular weight excluding hydrogens is 290 g/mol. The lowest BCUT2D eigenvalue weighted by Gasteiger charge is -2.10. The summed E-state index contributed by atoms with van der Waals surface area (Å²) < 4.78 is 0. The van der Waals surface area contributed by atoms with Gasteiger partial charge in [-0.2, -0.15) is 0 Å². The van der Waals surface area contributed by atoms with Crippen molar-refractivity contribution in [2.45, 2.75) is 45.4 Å². The maximum atomic E-state index is 11.6. The highest BCUT2D eigenvalue weighted by atomic mass is 79.9. The minimum absolute atomic E-state index is 0.104. The summed E-state index contributed by atoms with van der Waals surface area (Å²) in [7, 11) is 0. The molecule has 1 aromatic rings. The number of hydrogen-bond donors (Lipinski definition) is 1. The second-order valence-corrected chi connectivity index (χ2v) is 5.42. The molecule has 0 bridgehead atoms. The Hall–Kier alpha value is -0.830. The first-order valence-corrected chi connectivity index (χ1v) is 7.75. The molecule has 0 radical (unpaired) electrons. The zero-order valence-corrected chi connectivity index (χ0v) is 12.8. The van der Waals surface area contributed by atoms with Crippen LogP contribution in [0.25, 0.3) is 0 Å². The molecule has 1 aromatic carbocycles. The molecule has 0 saturated carbocycles. The molecule has 0 aliphatic carbocycles. The zero-order chi connectivity index (χ0) is 13.4. The predicted octanol–water partition coefficient (Wildman–Crippen LogP) is 4.70. The summed E-state index contributed by atoms with van der Waals surface area (Å²) >= 11 is 3.36. The third kappa shape index (κ3) is 5.21. The first kappa shape index (κ1) is 15.2. The molecule has 1 N–H and O–H groups in total. The molecule has 0 fully saturated rings. The molecule has 2 nitrogen and oxygen atoms in total. The zero-order valence-electron chi connectivity index (χ0n) is 11.2. The van der Waals surface area contributed by atoms with Crippen LogP contribution in [0.15, 0.2) is 24.3 Å². The lowest BCUT2D eigenvalue weighted by Crippen LogP contribution is -2.11. The van der Waals surface area contributed by atoms with Crippen molar-refractivity contribution in [2.75, 3.05) is 10.6 Å². The number of alkyl halides is 1. The topological polar surface area (TPSA) is 29.1 Å². The van der Waals surface area contributed by atoms with Gasteiger partial charge in [-0.1, -0.05) is 41.9 Å². The van der Waals surface area contributed by atoms with Crippen molar-refractivity contribution in [3.05, 3.63) is 29.8 Å². The van der Waals surface area contributed by atoms with Crippen LogP contribution in [0.2, 0.25) is 0 Å². The number of amides is 1. The van der Waals surface area contributed by atoms with Crippen LogP contribution in [0.5, 0.6) is 0 Å². The van der Waals surface area contributed by atoms with E-state index in [0.717, 1.165) is 30.3 Å². The number of rotatable bonds is 7. The number of carbonyl (C=O) groups excluding carboxylic acids is 1. The van der Waals surface area contributed by atoms with Gasteiger partial charge >= 0.3 is 0 Å². The predicted molar refractivity (Wildman–Crippen MR) is 81.4 cm³/mol. The smallest absolute Gasteiger partial charge is 0.224 e. The molecule has 0 aliphatic rings. The summed E-state index contributed by atoms with van der Waals surface area (Å²) in [5.74, 6) is 0.681. The van der Waals surface area contributed by atoms with E-state index in [0.29, 0.717) is 12.3 Å². The van der Waals surface area contributed by atoms with E-state index in [1.165, 1.54) is 5.56 Å². The highest BCUT2D eigenvalue weighted by Crippen LogP contribution is 2.20. The fourth-order valence-corrected chi connectivity index (χ4v) is 2.13. The summed E-state index contributed by atoms with van der Waals surface area (Å²) in [5, 5.41) is 3.89. The van der Waals surface area contributed by atoms with Crippen LogP contribution in [0, 0.1) is 0 Å². The van der Waals surface area contributed by atoms with E-state index in [4.69, 9.17) is 0 Å². The van der Waals surface area contributed by atoms with Crippen molar-refractivity contribution < 1.29 is 4.79 Å². The minimum atomic E-state index is 0.104. The van der Waals surface area contributed by atoms with Gasteiger partial charge in [-0.05, 0) is 42.9 Å². The number of benzene rings is 1. The monoisotopic (exact) mass is 311 g/mol. The third-order valence-electron chi connectivity index (χ3n) is 3.16. The van der Waals surface area contributed by atoms with Gasteiger partial charge in [-0.25, -0.2) is 0 Å². The van der Waals surface area contributed by atoms with Crippen LogP contribution >= 0.6 is 15.9 Å². The molecule has 1 unspecified atom stereocenters. The second kappa shape index (κ2) is 8.30. The third-order valence-corrected chi connectivity index (χ3v) is 3.72. The molecule has 100 valence electrons. The van der Waals surface area contributed by atoms with E-state index in [-0.39, 0.29) is 5.91 Å². The molecular formula is C15H22BrNO. The van der Waals surface area contributed by atoms with Gasteiger partial charge < -0.3 is 5.32 Å². The van der Waals surface area contributed by atoms with Crippen molar-refractivity contribution in [3.8, 4) is 0 Å². The highest BCUT2D eigenvalue weighted by Gasteiger charge is 2.04. The van der Waals surface area contributed by atoms with Crippen LogP contribution in [0.3, 0.4) is 0 Å². The Morgan fingerprint density at radius 1 is 1.28 bits per heavy atom. The number of halogens is 1. The van der Waals surface area contributed by atoms with Crippen molar-refractivity contribution in [1.82, 2.24) is 0 Å². The van der Waals surface area contributed by atoms with Gasteiger partial charge in [0, 0.05) is 17.4 Å². The number of unbranched alkanes of at least 4 members (excludes halogenated alkanes) is 1. The molecule has 3 heteroatoms. The Morgan fingerprint density at radius 2 is 1.94 bits per heavy atom. The van der Waals surface area contributed by atoms with Crippen molar-refractivity contribution in [2.24, 2.45) is 0 Å². The van der Waals surface area contributed by atoms with E-state index in [2.05, 4.69) is 47.2 Å². The fraction of sp³-hybridized carbons (Fsp3) is 0.533. The van der Waals surface area contributed by atoms with E-state index in [1.54, 1.807) is 0 Å². The van der Waals surface area contributed by atoms with E-state index in [9.17, 15) is 4.79 Å². The van der Waals surface area contributed by atoms with E-state index >= 15 is 0 Å². The van der Waals surface area contributed by atoms with Gasteiger partial charge in [0.05, 0.1) is 0 Å². The summed E-state index contributed by atoms with van der Waals surface area (Å²) in [5.41, 5.74) is 2.22. The SMILES string of the molecule is CCC(C)c1ccc(NC(=O)CCCCBr)cc1. The normalized spacial score (nSPS) is 12.2. The summed E-state index contributed by atoms with van der Waals surface area (Å²) in [6.45, 7) is 4.40. The molecule has 0 saturated heterocycles. The van der Waals surface area contributed by atoms with Crippen LogP contribution in [0.1, 0.15) is 51.0 Å². The molecule has 0 spiro atoms. The molecule has 0 aromatic heterocycles. The highest BCUT2D eigenvalue weighted by molar-refractivity contribution is 9.09. The van der Waals surface area contributed by atoms with Crippen LogP contribution < -0.4 is 5.32 Å². The van der Waals surface area contributed by atoms with E-state index < -0.39 is 0 Å². The standard InChI is InChI=1S/C15H22BrNO/c1-3-12(2)13-7-9-14(10-8-13)17-15(18)6-4-5-11-16/h7-10,12H,3-6,11H2,1-2H3,(H,17,18). The number of hydrogen-bond acceptors (Lipinski definition) is 1. The minimum Gasteiger partial charge on any atom is -0.326 e. The van der Waals surface area contributed by atoms with Gasteiger partial charge in [0.2, 0.25) is 5.91 Å². The number of carbonyl (C=O) groups is 1. The Labute approximate surface area is 118 Å².